The Hall–Kier alpha value is -0.580. The van der Waals surface area contributed by atoms with Gasteiger partial charge in [-0.25, -0.2) is 13.1 Å². The Balaban J connectivity index is 2.60. The second-order valence-corrected chi connectivity index (χ2v) is 7.16. The number of aryl methyl sites for hydroxylation is 1. The fourth-order valence-electron chi connectivity index (χ4n) is 1.99. The molecule has 0 heterocycles. The zero-order valence-corrected chi connectivity index (χ0v) is 13.8. The third kappa shape index (κ3) is 5.81. The number of sulfonamides is 1. The second-order valence-electron chi connectivity index (χ2n) is 5.13. The molecular formula is C15H24ClNO2S. The van der Waals surface area contributed by atoms with Gasteiger partial charge in [-0.3, -0.25) is 0 Å². The first-order valence-electron chi connectivity index (χ1n) is 7.14. The zero-order chi connectivity index (χ0) is 15.0. The van der Waals surface area contributed by atoms with Crippen LogP contribution in [0.15, 0.2) is 29.2 Å². The monoisotopic (exact) mass is 317 g/mol. The molecule has 0 aliphatic heterocycles. The van der Waals surface area contributed by atoms with E-state index in [-0.39, 0.29) is 6.04 Å². The molecule has 0 unspecified atom stereocenters. The van der Waals surface area contributed by atoms with Gasteiger partial charge in [0.05, 0.1) is 4.90 Å². The zero-order valence-electron chi connectivity index (χ0n) is 12.2. The quantitative estimate of drug-likeness (QED) is 0.555. The summed E-state index contributed by atoms with van der Waals surface area (Å²) >= 11 is 5.87. The summed E-state index contributed by atoms with van der Waals surface area (Å²) in [4.78, 5) is 0.298. The SMILES string of the molecule is CCCCCC[C@@H](CCl)NS(=O)(=O)c1ccc(C)cc1. The van der Waals surface area contributed by atoms with E-state index in [9.17, 15) is 8.42 Å². The van der Waals surface area contributed by atoms with Crippen LogP contribution >= 0.6 is 11.6 Å². The van der Waals surface area contributed by atoms with Gasteiger partial charge in [0.1, 0.15) is 0 Å². The maximum Gasteiger partial charge on any atom is 0.240 e. The summed E-state index contributed by atoms with van der Waals surface area (Å²) < 4.78 is 27.2. The molecule has 0 fully saturated rings. The first-order chi connectivity index (χ1) is 9.49. The molecule has 5 heteroatoms. The number of halogens is 1. The van der Waals surface area contributed by atoms with Crippen LogP contribution in [0.4, 0.5) is 0 Å². The van der Waals surface area contributed by atoms with E-state index < -0.39 is 10.0 Å². The van der Waals surface area contributed by atoms with Crippen molar-refractivity contribution >= 4 is 21.6 Å². The standard InChI is InChI=1S/C15H24ClNO2S/c1-3-4-5-6-7-14(12-16)17-20(18,19)15-10-8-13(2)9-11-15/h8-11,14,17H,3-7,12H2,1-2H3/t14-/m0/s1. The van der Waals surface area contributed by atoms with Crippen LogP contribution < -0.4 is 4.72 Å². The molecular weight excluding hydrogens is 294 g/mol. The number of hydrogen-bond acceptors (Lipinski definition) is 2. The lowest BCUT2D eigenvalue weighted by Crippen LogP contribution is -2.36. The lowest BCUT2D eigenvalue weighted by Gasteiger charge is -2.16. The van der Waals surface area contributed by atoms with Crippen LogP contribution in [0.1, 0.15) is 44.6 Å². The van der Waals surface area contributed by atoms with Crippen molar-refractivity contribution in [1.29, 1.82) is 0 Å². The first-order valence-corrected chi connectivity index (χ1v) is 9.16. The van der Waals surface area contributed by atoms with Gasteiger partial charge >= 0.3 is 0 Å². The maximum atomic E-state index is 12.2. The lowest BCUT2D eigenvalue weighted by molar-refractivity contribution is 0.524. The van der Waals surface area contributed by atoms with E-state index in [1.165, 1.54) is 12.8 Å². The van der Waals surface area contributed by atoms with E-state index in [4.69, 9.17) is 11.6 Å². The minimum absolute atomic E-state index is 0.195. The smallest absolute Gasteiger partial charge is 0.207 e. The van der Waals surface area contributed by atoms with E-state index in [1.54, 1.807) is 24.3 Å². The Morgan fingerprint density at radius 3 is 2.35 bits per heavy atom. The third-order valence-corrected chi connectivity index (χ3v) is 5.15. The molecule has 0 aliphatic rings. The number of hydrogen-bond donors (Lipinski definition) is 1. The van der Waals surface area contributed by atoms with Crippen LogP contribution in [0.2, 0.25) is 0 Å². The Morgan fingerprint density at radius 1 is 1.15 bits per heavy atom. The van der Waals surface area contributed by atoms with Crippen molar-refractivity contribution in [3.8, 4) is 0 Å². The Kier molecular flexibility index (Phi) is 7.56. The van der Waals surface area contributed by atoms with Gasteiger partial charge in [-0.15, -0.1) is 11.6 Å². The fraction of sp³-hybridized carbons (Fsp3) is 0.600. The molecule has 1 rings (SSSR count). The van der Waals surface area contributed by atoms with Crippen LogP contribution in [0.25, 0.3) is 0 Å². The summed E-state index contributed by atoms with van der Waals surface area (Å²) in [6, 6.07) is 6.65. The van der Waals surface area contributed by atoms with E-state index in [0.29, 0.717) is 10.8 Å². The largest absolute Gasteiger partial charge is 0.240 e. The molecule has 1 atom stereocenters. The van der Waals surface area contributed by atoms with Gasteiger partial charge in [0.25, 0.3) is 0 Å². The summed E-state index contributed by atoms with van der Waals surface area (Å²) in [5.74, 6) is 0.303. The fourth-order valence-corrected chi connectivity index (χ4v) is 3.58. The highest BCUT2D eigenvalue weighted by Crippen LogP contribution is 2.13. The highest BCUT2D eigenvalue weighted by Gasteiger charge is 2.19. The number of rotatable bonds is 9. The Labute approximate surface area is 127 Å². The van der Waals surface area contributed by atoms with Gasteiger partial charge in [0, 0.05) is 11.9 Å². The van der Waals surface area contributed by atoms with Gasteiger partial charge in [0.2, 0.25) is 10.0 Å². The molecule has 0 saturated heterocycles. The highest BCUT2D eigenvalue weighted by molar-refractivity contribution is 7.89. The highest BCUT2D eigenvalue weighted by atomic mass is 35.5. The van der Waals surface area contributed by atoms with E-state index >= 15 is 0 Å². The number of benzene rings is 1. The number of alkyl halides is 1. The molecule has 114 valence electrons. The molecule has 3 nitrogen and oxygen atoms in total. The van der Waals surface area contributed by atoms with Crippen molar-refractivity contribution in [1.82, 2.24) is 4.72 Å². The van der Waals surface area contributed by atoms with Crippen molar-refractivity contribution < 1.29 is 8.42 Å². The Morgan fingerprint density at radius 2 is 1.80 bits per heavy atom. The van der Waals surface area contributed by atoms with Crippen LogP contribution in [0.3, 0.4) is 0 Å². The number of nitrogens with one attached hydrogen (secondary N) is 1. The summed E-state index contributed by atoms with van der Waals surface area (Å²) in [5.41, 5.74) is 1.04. The molecule has 1 N–H and O–H groups in total. The summed E-state index contributed by atoms with van der Waals surface area (Å²) in [7, 11) is -3.47. The maximum absolute atomic E-state index is 12.2. The normalized spacial score (nSPS) is 13.3. The summed E-state index contributed by atoms with van der Waals surface area (Å²) in [5, 5.41) is 0. The summed E-state index contributed by atoms with van der Waals surface area (Å²) in [6.07, 6.45) is 5.26. The molecule has 0 radical (unpaired) electrons. The molecule has 1 aromatic rings. The van der Waals surface area contributed by atoms with Crippen LogP contribution in [-0.2, 0) is 10.0 Å². The minimum Gasteiger partial charge on any atom is -0.207 e. The topological polar surface area (TPSA) is 46.2 Å². The average molecular weight is 318 g/mol. The average Bonchev–Trinajstić information content (AvgIpc) is 2.42. The predicted molar refractivity (Wildman–Crippen MR) is 84.8 cm³/mol. The van der Waals surface area contributed by atoms with Gasteiger partial charge in [-0.1, -0.05) is 50.3 Å². The minimum atomic E-state index is -3.47. The Bertz CT molecular complexity index is 485. The third-order valence-electron chi connectivity index (χ3n) is 3.25. The van der Waals surface area contributed by atoms with Crippen molar-refractivity contribution in [2.75, 3.05) is 5.88 Å². The van der Waals surface area contributed by atoms with E-state index in [0.717, 1.165) is 24.8 Å². The molecule has 1 aromatic carbocycles. The van der Waals surface area contributed by atoms with Crippen molar-refractivity contribution in [2.45, 2.75) is 56.9 Å². The van der Waals surface area contributed by atoms with E-state index in [2.05, 4.69) is 11.6 Å². The van der Waals surface area contributed by atoms with Crippen molar-refractivity contribution in [3.63, 3.8) is 0 Å². The molecule has 0 saturated carbocycles. The lowest BCUT2D eigenvalue weighted by atomic mass is 10.1. The van der Waals surface area contributed by atoms with Gasteiger partial charge in [-0.2, -0.15) is 0 Å². The molecule has 0 amide bonds. The van der Waals surface area contributed by atoms with E-state index in [1.807, 2.05) is 6.92 Å². The predicted octanol–water partition coefficient (Wildman–Crippen LogP) is 3.85. The van der Waals surface area contributed by atoms with Gasteiger partial charge in [0.15, 0.2) is 0 Å². The van der Waals surface area contributed by atoms with Crippen molar-refractivity contribution in [3.05, 3.63) is 29.8 Å². The van der Waals surface area contributed by atoms with Crippen LogP contribution in [0.5, 0.6) is 0 Å². The molecule has 0 bridgehead atoms. The van der Waals surface area contributed by atoms with Crippen LogP contribution in [0, 0.1) is 6.92 Å². The second kappa shape index (κ2) is 8.65. The van der Waals surface area contributed by atoms with Gasteiger partial charge in [-0.05, 0) is 25.5 Å². The summed E-state index contributed by atoms with van der Waals surface area (Å²) in [6.45, 7) is 4.08. The van der Waals surface area contributed by atoms with Crippen molar-refractivity contribution in [2.24, 2.45) is 0 Å². The molecule has 0 aliphatic carbocycles. The van der Waals surface area contributed by atoms with Crippen LogP contribution in [-0.4, -0.2) is 20.3 Å². The first kappa shape index (κ1) is 17.5. The molecule has 20 heavy (non-hydrogen) atoms. The molecule has 0 spiro atoms. The molecule has 0 aromatic heterocycles. The van der Waals surface area contributed by atoms with Gasteiger partial charge < -0.3 is 0 Å². The number of unbranched alkanes of at least 4 members (excludes halogenated alkanes) is 3.